The molecule has 5 heteroatoms. The van der Waals surface area contributed by atoms with Gasteiger partial charge in [0.1, 0.15) is 0 Å². The fraction of sp³-hybridized carbons (Fsp3) is 0.846. The van der Waals surface area contributed by atoms with Gasteiger partial charge in [-0.2, -0.15) is 11.8 Å². The molecule has 2 fully saturated rings. The fourth-order valence-corrected chi connectivity index (χ4v) is 4.10. The lowest BCUT2D eigenvalue weighted by Gasteiger charge is -2.21. The molecule has 1 aliphatic carbocycles. The summed E-state index contributed by atoms with van der Waals surface area (Å²) in [5.74, 6) is 1.12. The lowest BCUT2D eigenvalue weighted by atomic mass is 10.0. The predicted molar refractivity (Wildman–Crippen MR) is 71.5 cm³/mol. The van der Waals surface area contributed by atoms with Crippen LogP contribution in [-0.2, 0) is 9.59 Å². The molecule has 0 radical (unpaired) electrons. The Morgan fingerprint density at radius 1 is 1.28 bits per heavy atom. The molecule has 0 aromatic carbocycles. The minimum Gasteiger partial charge on any atom is -0.481 e. The Kier molecular flexibility index (Phi) is 3.90. The van der Waals surface area contributed by atoms with Gasteiger partial charge in [0.25, 0.3) is 0 Å². The molecular formula is C13H21NO3S. The fourth-order valence-electron chi connectivity index (χ4n) is 2.89. The van der Waals surface area contributed by atoms with Crippen LogP contribution < -0.4 is 5.32 Å². The number of carbonyl (C=O) groups is 2. The van der Waals surface area contributed by atoms with Crippen molar-refractivity contribution in [2.24, 2.45) is 23.2 Å². The molecule has 1 amide bonds. The van der Waals surface area contributed by atoms with Gasteiger partial charge in [0.05, 0.1) is 11.8 Å². The largest absolute Gasteiger partial charge is 0.481 e. The van der Waals surface area contributed by atoms with Gasteiger partial charge in [-0.05, 0) is 35.7 Å². The maximum Gasteiger partial charge on any atom is 0.307 e. The van der Waals surface area contributed by atoms with Crippen molar-refractivity contribution < 1.29 is 14.7 Å². The number of nitrogens with one attached hydrogen (secondary N) is 1. The van der Waals surface area contributed by atoms with Gasteiger partial charge in [0, 0.05) is 6.54 Å². The normalized spacial score (nSPS) is 30.8. The van der Waals surface area contributed by atoms with Crippen LogP contribution >= 0.6 is 11.8 Å². The number of aliphatic carboxylic acids is 1. The molecule has 0 spiro atoms. The molecule has 0 aromatic heterocycles. The zero-order valence-electron chi connectivity index (χ0n) is 10.9. The average Bonchev–Trinajstić information content (AvgIpc) is 2.91. The third-order valence-corrected chi connectivity index (χ3v) is 5.33. The number of hydrogen-bond acceptors (Lipinski definition) is 3. The first-order chi connectivity index (χ1) is 8.44. The molecule has 1 aliphatic heterocycles. The highest BCUT2D eigenvalue weighted by Gasteiger charge is 2.65. The van der Waals surface area contributed by atoms with E-state index in [4.69, 9.17) is 5.11 Å². The molecule has 18 heavy (non-hydrogen) atoms. The zero-order chi connectivity index (χ0) is 13.3. The molecule has 2 unspecified atom stereocenters. The molecule has 1 saturated heterocycles. The van der Waals surface area contributed by atoms with Gasteiger partial charge < -0.3 is 10.4 Å². The predicted octanol–water partition coefficient (Wildman–Crippen LogP) is 1.60. The molecule has 4 nitrogen and oxygen atoms in total. The third kappa shape index (κ3) is 2.66. The summed E-state index contributed by atoms with van der Waals surface area (Å²) in [6, 6.07) is 0. The molecular weight excluding hydrogens is 250 g/mol. The Hall–Kier alpha value is -0.710. The van der Waals surface area contributed by atoms with Crippen molar-refractivity contribution in [1.82, 2.24) is 5.32 Å². The van der Waals surface area contributed by atoms with Crippen molar-refractivity contribution in [1.29, 1.82) is 0 Å². The van der Waals surface area contributed by atoms with Crippen LogP contribution in [0.2, 0.25) is 0 Å². The van der Waals surface area contributed by atoms with Crippen molar-refractivity contribution >= 4 is 23.6 Å². The Morgan fingerprint density at radius 2 is 1.89 bits per heavy atom. The SMILES string of the molecule is CC1(C)C(C(=O)O)C1C(=O)NCC1CCSCC1. The van der Waals surface area contributed by atoms with Crippen molar-refractivity contribution in [3.63, 3.8) is 0 Å². The summed E-state index contributed by atoms with van der Waals surface area (Å²) >= 11 is 1.97. The minimum absolute atomic E-state index is 0.0781. The van der Waals surface area contributed by atoms with Crippen molar-refractivity contribution in [3.05, 3.63) is 0 Å². The van der Waals surface area contributed by atoms with E-state index in [0.717, 1.165) is 12.8 Å². The lowest BCUT2D eigenvalue weighted by Crippen LogP contribution is -2.33. The minimum atomic E-state index is -0.853. The average molecular weight is 271 g/mol. The van der Waals surface area contributed by atoms with Crippen LogP contribution in [0.5, 0.6) is 0 Å². The first-order valence-electron chi connectivity index (χ1n) is 6.53. The molecule has 1 saturated carbocycles. The second-order valence-corrected chi connectivity index (χ2v) is 7.14. The molecule has 2 atom stereocenters. The van der Waals surface area contributed by atoms with Gasteiger partial charge in [0.2, 0.25) is 5.91 Å². The van der Waals surface area contributed by atoms with E-state index in [1.54, 1.807) is 0 Å². The van der Waals surface area contributed by atoms with Crippen molar-refractivity contribution in [2.75, 3.05) is 18.1 Å². The molecule has 2 aliphatic rings. The summed E-state index contributed by atoms with van der Waals surface area (Å²) in [5.41, 5.74) is -0.391. The summed E-state index contributed by atoms with van der Waals surface area (Å²) in [6.45, 7) is 4.42. The Bertz CT molecular complexity index is 350. The van der Waals surface area contributed by atoms with Crippen LogP contribution in [0, 0.1) is 23.2 Å². The molecule has 1 heterocycles. The van der Waals surface area contributed by atoms with Crippen LogP contribution in [0.1, 0.15) is 26.7 Å². The Morgan fingerprint density at radius 3 is 2.39 bits per heavy atom. The van der Waals surface area contributed by atoms with Crippen LogP contribution in [0.25, 0.3) is 0 Å². The second kappa shape index (κ2) is 5.11. The van der Waals surface area contributed by atoms with Crippen LogP contribution in [0.4, 0.5) is 0 Å². The van der Waals surface area contributed by atoms with E-state index < -0.39 is 17.3 Å². The topological polar surface area (TPSA) is 66.4 Å². The van der Waals surface area contributed by atoms with Crippen molar-refractivity contribution in [2.45, 2.75) is 26.7 Å². The van der Waals surface area contributed by atoms with E-state index in [-0.39, 0.29) is 11.8 Å². The summed E-state index contributed by atoms with van der Waals surface area (Å²) < 4.78 is 0. The van der Waals surface area contributed by atoms with Gasteiger partial charge in [-0.3, -0.25) is 9.59 Å². The zero-order valence-corrected chi connectivity index (χ0v) is 11.8. The quantitative estimate of drug-likeness (QED) is 0.815. The molecule has 2 rings (SSSR count). The number of carboxylic acid groups (broad SMARTS) is 1. The summed E-state index contributed by atoms with van der Waals surface area (Å²) in [5, 5.41) is 12.0. The highest BCUT2D eigenvalue weighted by atomic mass is 32.2. The lowest BCUT2D eigenvalue weighted by molar-refractivity contribution is -0.140. The number of thioether (sulfide) groups is 1. The molecule has 0 bridgehead atoms. The van der Waals surface area contributed by atoms with Gasteiger partial charge in [-0.25, -0.2) is 0 Å². The van der Waals surface area contributed by atoms with E-state index >= 15 is 0 Å². The van der Waals surface area contributed by atoms with Gasteiger partial charge in [0.15, 0.2) is 0 Å². The number of hydrogen-bond donors (Lipinski definition) is 2. The number of rotatable bonds is 4. The monoisotopic (exact) mass is 271 g/mol. The molecule has 102 valence electrons. The van der Waals surface area contributed by atoms with Crippen LogP contribution in [0.3, 0.4) is 0 Å². The van der Waals surface area contributed by atoms with Crippen LogP contribution in [-0.4, -0.2) is 35.0 Å². The Balaban J connectivity index is 1.80. The smallest absolute Gasteiger partial charge is 0.307 e. The van der Waals surface area contributed by atoms with Gasteiger partial charge >= 0.3 is 5.97 Å². The number of carbonyl (C=O) groups excluding carboxylic acids is 1. The second-order valence-electron chi connectivity index (χ2n) is 5.92. The maximum atomic E-state index is 12.0. The van der Waals surface area contributed by atoms with E-state index in [0.29, 0.717) is 12.5 Å². The first-order valence-corrected chi connectivity index (χ1v) is 7.68. The van der Waals surface area contributed by atoms with Gasteiger partial charge in [-0.1, -0.05) is 13.8 Å². The Labute approximate surface area is 112 Å². The van der Waals surface area contributed by atoms with Crippen LogP contribution in [0.15, 0.2) is 0 Å². The highest BCUT2D eigenvalue weighted by molar-refractivity contribution is 7.99. The standard InChI is InChI=1S/C13H21NO3S/c1-13(2)9(10(13)12(16)17)11(15)14-7-8-3-5-18-6-4-8/h8-10H,3-7H2,1-2H3,(H,14,15)(H,16,17). The first kappa shape index (κ1) is 13.7. The van der Waals surface area contributed by atoms with E-state index in [1.807, 2.05) is 25.6 Å². The van der Waals surface area contributed by atoms with E-state index in [9.17, 15) is 9.59 Å². The number of carboxylic acids is 1. The highest BCUT2D eigenvalue weighted by Crippen LogP contribution is 2.58. The van der Waals surface area contributed by atoms with E-state index in [2.05, 4.69) is 5.32 Å². The molecule has 0 aromatic rings. The third-order valence-electron chi connectivity index (χ3n) is 4.28. The van der Waals surface area contributed by atoms with E-state index in [1.165, 1.54) is 11.5 Å². The summed E-state index contributed by atoms with van der Waals surface area (Å²) in [6.07, 6.45) is 2.31. The summed E-state index contributed by atoms with van der Waals surface area (Å²) in [7, 11) is 0. The summed E-state index contributed by atoms with van der Waals surface area (Å²) in [4.78, 5) is 23.0. The maximum absolute atomic E-state index is 12.0. The van der Waals surface area contributed by atoms with Gasteiger partial charge in [-0.15, -0.1) is 0 Å². The van der Waals surface area contributed by atoms with Crippen molar-refractivity contribution in [3.8, 4) is 0 Å². The molecule has 2 N–H and O–H groups in total. The number of amides is 1.